The van der Waals surface area contributed by atoms with Crippen LogP contribution in [-0.4, -0.2) is 40.6 Å². The zero-order chi connectivity index (χ0) is 23.9. The van der Waals surface area contributed by atoms with Crippen molar-refractivity contribution in [3.05, 3.63) is 53.8 Å². The lowest BCUT2D eigenvalue weighted by molar-refractivity contribution is -0.118. The van der Waals surface area contributed by atoms with E-state index in [2.05, 4.69) is 20.1 Å². The van der Waals surface area contributed by atoms with E-state index in [0.29, 0.717) is 18.0 Å². The molecule has 1 saturated carbocycles. The highest BCUT2D eigenvalue weighted by atomic mass is 32.2. The van der Waals surface area contributed by atoms with Crippen LogP contribution < -0.4 is 14.8 Å². The monoisotopic (exact) mass is 484 g/mol. The lowest BCUT2D eigenvalue weighted by Gasteiger charge is -2.25. The molecule has 0 aliphatic heterocycles. The smallest absolute Gasteiger partial charge is 0.230 e. The van der Waals surface area contributed by atoms with E-state index in [1.807, 2.05) is 18.2 Å². The SMILES string of the molecule is COc1ccc(-c2nnc(SCC(=O)NCc3ccc(F)cc3)n2C2CCCCC2)cc1OC. The molecular weight excluding hydrogens is 455 g/mol. The molecule has 1 fully saturated rings. The Morgan fingerprint density at radius 3 is 2.50 bits per heavy atom. The highest BCUT2D eigenvalue weighted by Crippen LogP contribution is 2.38. The number of halogens is 1. The second kappa shape index (κ2) is 11.4. The van der Waals surface area contributed by atoms with Gasteiger partial charge in [-0.2, -0.15) is 0 Å². The average molecular weight is 485 g/mol. The van der Waals surface area contributed by atoms with Gasteiger partial charge in [0.25, 0.3) is 0 Å². The largest absolute Gasteiger partial charge is 0.493 e. The summed E-state index contributed by atoms with van der Waals surface area (Å²) < 4.78 is 26.1. The molecule has 4 rings (SSSR count). The van der Waals surface area contributed by atoms with Crippen LogP contribution in [0.5, 0.6) is 11.5 Å². The number of methoxy groups -OCH3 is 2. The molecule has 0 atom stereocenters. The van der Waals surface area contributed by atoms with Crippen molar-refractivity contribution >= 4 is 17.7 Å². The van der Waals surface area contributed by atoms with Crippen LogP contribution in [-0.2, 0) is 11.3 Å². The summed E-state index contributed by atoms with van der Waals surface area (Å²) in [7, 11) is 3.22. The minimum absolute atomic E-state index is 0.111. The summed E-state index contributed by atoms with van der Waals surface area (Å²) in [4.78, 5) is 12.5. The van der Waals surface area contributed by atoms with Gasteiger partial charge >= 0.3 is 0 Å². The van der Waals surface area contributed by atoms with E-state index in [0.717, 1.165) is 47.8 Å². The third-order valence-corrected chi connectivity index (χ3v) is 6.92. The van der Waals surface area contributed by atoms with Crippen molar-refractivity contribution in [2.45, 2.75) is 49.8 Å². The second-order valence-corrected chi connectivity index (χ2v) is 9.17. The molecule has 0 bridgehead atoms. The summed E-state index contributed by atoms with van der Waals surface area (Å²) in [5.74, 6) is 1.87. The second-order valence-electron chi connectivity index (χ2n) is 8.23. The molecule has 1 aliphatic carbocycles. The number of hydrogen-bond donors (Lipinski definition) is 1. The molecule has 180 valence electrons. The number of amides is 1. The van der Waals surface area contributed by atoms with Crippen LogP contribution in [0, 0.1) is 5.82 Å². The van der Waals surface area contributed by atoms with Crippen molar-refractivity contribution in [1.29, 1.82) is 0 Å². The Morgan fingerprint density at radius 1 is 1.06 bits per heavy atom. The van der Waals surface area contributed by atoms with Crippen LogP contribution in [0.1, 0.15) is 43.7 Å². The number of hydrogen-bond acceptors (Lipinski definition) is 6. The highest BCUT2D eigenvalue weighted by molar-refractivity contribution is 7.99. The van der Waals surface area contributed by atoms with Crippen molar-refractivity contribution in [3.8, 4) is 22.9 Å². The number of ether oxygens (including phenoxy) is 2. The predicted octanol–water partition coefficient (Wildman–Crippen LogP) is 5.02. The van der Waals surface area contributed by atoms with Crippen LogP contribution >= 0.6 is 11.8 Å². The molecule has 34 heavy (non-hydrogen) atoms. The molecule has 2 aromatic carbocycles. The predicted molar refractivity (Wildman–Crippen MR) is 130 cm³/mol. The van der Waals surface area contributed by atoms with Crippen molar-refractivity contribution < 1.29 is 18.7 Å². The van der Waals surface area contributed by atoms with Crippen LogP contribution in [0.3, 0.4) is 0 Å². The quantitative estimate of drug-likeness (QED) is 0.430. The highest BCUT2D eigenvalue weighted by Gasteiger charge is 2.25. The Morgan fingerprint density at radius 2 is 1.79 bits per heavy atom. The normalized spacial score (nSPS) is 14.1. The van der Waals surface area contributed by atoms with Gasteiger partial charge in [0.1, 0.15) is 5.82 Å². The van der Waals surface area contributed by atoms with Gasteiger partial charge in [0.05, 0.1) is 20.0 Å². The molecule has 1 amide bonds. The number of rotatable bonds is 9. The van der Waals surface area contributed by atoms with E-state index in [-0.39, 0.29) is 23.5 Å². The molecule has 0 saturated heterocycles. The Balaban J connectivity index is 1.51. The third-order valence-electron chi connectivity index (χ3n) is 5.98. The van der Waals surface area contributed by atoms with Crippen molar-refractivity contribution in [2.75, 3.05) is 20.0 Å². The number of aromatic nitrogens is 3. The number of carbonyl (C=O) groups excluding carboxylic acids is 1. The summed E-state index contributed by atoms with van der Waals surface area (Å²) in [6.45, 7) is 0.353. The Labute approximate surface area is 203 Å². The van der Waals surface area contributed by atoms with Gasteiger partial charge in [0.15, 0.2) is 22.5 Å². The lowest BCUT2D eigenvalue weighted by Crippen LogP contribution is -2.25. The molecule has 0 radical (unpaired) electrons. The molecule has 0 unspecified atom stereocenters. The summed E-state index contributed by atoms with van der Waals surface area (Å²) in [6, 6.07) is 12.1. The zero-order valence-corrected chi connectivity index (χ0v) is 20.2. The molecule has 1 N–H and O–H groups in total. The molecule has 1 aliphatic rings. The fraction of sp³-hybridized carbons (Fsp3) is 0.400. The Kier molecular flexibility index (Phi) is 8.05. The van der Waals surface area contributed by atoms with Crippen molar-refractivity contribution in [3.63, 3.8) is 0 Å². The standard InChI is InChI=1S/C25H29FN4O3S/c1-32-21-13-10-18(14-22(21)33-2)24-28-29-25(30(24)20-6-4-3-5-7-20)34-16-23(31)27-15-17-8-11-19(26)12-9-17/h8-14,20H,3-7,15-16H2,1-2H3,(H,27,31). The van der Waals surface area contributed by atoms with Gasteiger partial charge in [-0.25, -0.2) is 4.39 Å². The molecule has 3 aromatic rings. The summed E-state index contributed by atoms with van der Waals surface area (Å²) in [5, 5.41) is 12.6. The van der Waals surface area contributed by atoms with E-state index in [4.69, 9.17) is 9.47 Å². The van der Waals surface area contributed by atoms with Crippen LogP contribution in [0.25, 0.3) is 11.4 Å². The van der Waals surface area contributed by atoms with Gasteiger partial charge in [0.2, 0.25) is 5.91 Å². The first-order chi connectivity index (χ1) is 16.6. The Bertz CT molecular complexity index is 1110. The molecule has 9 heteroatoms. The number of nitrogens with zero attached hydrogens (tertiary/aromatic N) is 3. The molecular formula is C25H29FN4O3S. The topological polar surface area (TPSA) is 78.3 Å². The molecule has 1 aromatic heterocycles. The van der Waals surface area contributed by atoms with Gasteiger partial charge in [-0.1, -0.05) is 43.2 Å². The van der Waals surface area contributed by atoms with E-state index in [1.165, 1.54) is 30.3 Å². The minimum Gasteiger partial charge on any atom is -0.493 e. The maximum absolute atomic E-state index is 13.1. The van der Waals surface area contributed by atoms with Gasteiger partial charge < -0.3 is 14.8 Å². The Hall–Kier alpha value is -3.07. The van der Waals surface area contributed by atoms with Crippen LogP contribution in [0.2, 0.25) is 0 Å². The molecule has 0 spiro atoms. The maximum Gasteiger partial charge on any atom is 0.230 e. The maximum atomic E-state index is 13.1. The lowest BCUT2D eigenvalue weighted by atomic mass is 9.95. The fourth-order valence-corrected chi connectivity index (χ4v) is 5.04. The minimum atomic E-state index is -0.294. The average Bonchev–Trinajstić information content (AvgIpc) is 3.31. The number of benzene rings is 2. The first kappa shape index (κ1) is 24.1. The van der Waals surface area contributed by atoms with Crippen LogP contribution in [0.15, 0.2) is 47.6 Å². The summed E-state index contributed by atoms with van der Waals surface area (Å²) in [6.07, 6.45) is 5.68. The van der Waals surface area contributed by atoms with Crippen molar-refractivity contribution in [2.24, 2.45) is 0 Å². The molecule has 1 heterocycles. The molecule has 7 nitrogen and oxygen atoms in total. The van der Waals surface area contributed by atoms with Gasteiger partial charge in [-0.15, -0.1) is 10.2 Å². The first-order valence-corrected chi connectivity index (χ1v) is 12.4. The van der Waals surface area contributed by atoms with E-state index in [9.17, 15) is 9.18 Å². The van der Waals surface area contributed by atoms with E-state index >= 15 is 0 Å². The number of thioether (sulfide) groups is 1. The summed E-state index contributed by atoms with van der Waals surface area (Å²) in [5.41, 5.74) is 1.74. The van der Waals surface area contributed by atoms with E-state index < -0.39 is 0 Å². The van der Waals surface area contributed by atoms with Crippen molar-refractivity contribution in [1.82, 2.24) is 20.1 Å². The van der Waals surface area contributed by atoms with Gasteiger partial charge in [-0.3, -0.25) is 9.36 Å². The van der Waals surface area contributed by atoms with Gasteiger partial charge in [0, 0.05) is 18.2 Å². The fourth-order valence-electron chi connectivity index (χ4n) is 4.20. The zero-order valence-electron chi connectivity index (χ0n) is 19.4. The number of carbonyl (C=O) groups is 1. The van der Waals surface area contributed by atoms with E-state index in [1.54, 1.807) is 26.4 Å². The summed E-state index contributed by atoms with van der Waals surface area (Å²) >= 11 is 1.38. The number of nitrogens with one attached hydrogen (secondary N) is 1. The third kappa shape index (κ3) is 5.70. The van der Waals surface area contributed by atoms with Crippen LogP contribution in [0.4, 0.5) is 4.39 Å². The first-order valence-electron chi connectivity index (χ1n) is 11.4. The van der Waals surface area contributed by atoms with Gasteiger partial charge in [-0.05, 0) is 48.7 Å².